The van der Waals surface area contributed by atoms with Gasteiger partial charge in [0.2, 0.25) is 10.0 Å². The Labute approximate surface area is 127 Å². The van der Waals surface area contributed by atoms with E-state index in [0.717, 1.165) is 25.9 Å². The Bertz CT molecular complexity index is 545. The summed E-state index contributed by atoms with van der Waals surface area (Å²) >= 11 is 9.25. The minimum absolute atomic E-state index is 0.118. The predicted octanol–water partition coefficient (Wildman–Crippen LogP) is 2.38. The number of hydrogen-bond donors (Lipinski definition) is 2. The normalized spacial score (nSPS) is 20.4. The van der Waals surface area contributed by atoms with Gasteiger partial charge in [-0.3, -0.25) is 0 Å². The zero-order chi connectivity index (χ0) is 13.9. The lowest BCUT2D eigenvalue weighted by atomic mass is 10.0. The second-order valence-electron chi connectivity index (χ2n) is 4.62. The molecule has 1 aromatic carbocycles. The maximum atomic E-state index is 12.2. The first-order chi connectivity index (χ1) is 9.00. The third-order valence-electron chi connectivity index (χ3n) is 3.17. The number of benzene rings is 1. The summed E-state index contributed by atoms with van der Waals surface area (Å²) in [5, 5.41) is 3.48. The van der Waals surface area contributed by atoms with Crippen molar-refractivity contribution in [1.82, 2.24) is 10.0 Å². The predicted molar refractivity (Wildman–Crippen MR) is 79.9 cm³/mol. The summed E-state index contributed by atoms with van der Waals surface area (Å²) in [6.45, 7) is 2.31. The van der Waals surface area contributed by atoms with E-state index in [4.69, 9.17) is 11.6 Å². The van der Waals surface area contributed by atoms with Crippen molar-refractivity contribution in [2.45, 2.75) is 17.7 Å². The standard InChI is InChI=1S/C12H16BrClN2O2S/c13-10-4-1-5-11(12(10)14)19(17,18)16-8-9-3-2-6-15-7-9/h1,4-5,9,15-16H,2-3,6-8H2. The number of sulfonamides is 1. The van der Waals surface area contributed by atoms with Gasteiger partial charge in [0.15, 0.2) is 0 Å². The molecule has 1 atom stereocenters. The van der Waals surface area contributed by atoms with Gasteiger partial charge in [0.05, 0.1) is 5.02 Å². The third kappa shape index (κ3) is 3.92. The van der Waals surface area contributed by atoms with Crippen LogP contribution in [0.15, 0.2) is 27.6 Å². The van der Waals surface area contributed by atoms with Crippen LogP contribution in [0.2, 0.25) is 5.02 Å². The van der Waals surface area contributed by atoms with Crippen molar-refractivity contribution < 1.29 is 8.42 Å². The SMILES string of the molecule is O=S(=O)(NCC1CCCNC1)c1cccc(Br)c1Cl. The molecule has 0 radical (unpaired) electrons. The van der Waals surface area contributed by atoms with Crippen LogP contribution >= 0.6 is 27.5 Å². The van der Waals surface area contributed by atoms with Gasteiger partial charge in [0, 0.05) is 11.0 Å². The van der Waals surface area contributed by atoms with Crippen LogP contribution in [0.5, 0.6) is 0 Å². The monoisotopic (exact) mass is 366 g/mol. The van der Waals surface area contributed by atoms with Crippen LogP contribution in [0.3, 0.4) is 0 Å². The van der Waals surface area contributed by atoms with E-state index in [0.29, 0.717) is 16.9 Å². The van der Waals surface area contributed by atoms with Gasteiger partial charge in [0.1, 0.15) is 4.90 Å². The highest BCUT2D eigenvalue weighted by Gasteiger charge is 2.21. The molecule has 7 heteroatoms. The number of halogens is 2. The zero-order valence-electron chi connectivity index (χ0n) is 10.3. The maximum absolute atomic E-state index is 12.2. The van der Waals surface area contributed by atoms with Gasteiger partial charge in [0.25, 0.3) is 0 Å². The second-order valence-corrected chi connectivity index (χ2v) is 7.58. The maximum Gasteiger partial charge on any atom is 0.242 e. The van der Waals surface area contributed by atoms with E-state index in [1.54, 1.807) is 12.1 Å². The molecule has 2 rings (SSSR count). The summed E-state index contributed by atoms with van der Waals surface area (Å²) in [5.74, 6) is 0.342. The fourth-order valence-electron chi connectivity index (χ4n) is 2.10. The molecule has 1 fully saturated rings. The molecule has 0 aliphatic carbocycles. The van der Waals surface area contributed by atoms with Crippen molar-refractivity contribution >= 4 is 37.6 Å². The largest absolute Gasteiger partial charge is 0.316 e. The molecule has 2 N–H and O–H groups in total. The van der Waals surface area contributed by atoms with Crippen LogP contribution < -0.4 is 10.0 Å². The molecule has 1 aliphatic rings. The lowest BCUT2D eigenvalue weighted by Gasteiger charge is -2.23. The van der Waals surface area contributed by atoms with Crippen LogP contribution in [-0.4, -0.2) is 28.1 Å². The van der Waals surface area contributed by atoms with E-state index in [1.165, 1.54) is 6.07 Å². The highest BCUT2D eigenvalue weighted by atomic mass is 79.9. The Morgan fingerprint density at radius 1 is 1.47 bits per heavy atom. The van der Waals surface area contributed by atoms with Gasteiger partial charge in [-0.05, 0) is 59.9 Å². The van der Waals surface area contributed by atoms with Crippen molar-refractivity contribution in [3.63, 3.8) is 0 Å². The van der Waals surface area contributed by atoms with E-state index in [-0.39, 0.29) is 9.92 Å². The lowest BCUT2D eigenvalue weighted by molar-refractivity contribution is 0.376. The minimum atomic E-state index is -3.55. The number of nitrogens with one attached hydrogen (secondary N) is 2. The number of hydrogen-bond acceptors (Lipinski definition) is 3. The van der Waals surface area contributed by atoms with Gasteiger partial charge in [-0.2, -0.15) is 0 Å². The summed E-state index contributed by atoms with van der Waals surface area (Å²) < 4.78 is 27.6. The Morgan fingerprint density at radius 3 is 2.95 bits per heavy atom. The van der Waals surface area contributed by atoms with Crippen molar-refractivity contribution in [1.29, 1.82) is 0 Å². The topological polar surface area (TPSA) is 58.2 Å². The van der Waals surface area contributed by atoms with Crippen LogP contribution in [0.1, 0.15) is 12.8 Å². The van der Waals surface area contributed by atoms with E-state index in [2.05, 4.69) is 26.0 Å². The highest BCUT2D eigenvalue weighted by Crippen LogP contribution is 2.29. The summed E-state index contributed by atoms with van der Waals surface area (Å²) in [5.41, 5.74) is 0. The number of rotatable bonds is 4. The van der Waals surface area contributed by atoms with Crippen molar-refractivity contribution in [2.75, 3.05) is 19.6 Å². The highest BCUT2D eigenvalue weighted by molar-refractivity contribution is 9.10. The first-order valence-electron chi connectivity index (χ1n) is 6.15. The molecule has 1 heterocycles. The molecular weight excluding hydrogens is 352 g/mol. The van der Waals surface area contributed by atoms with Crippen LogP contribution in [0.25, 0.3) is 0 Å². The average Bonchev–Trinajstić information content (AvgIpc) is 2.41. The Morgan fingerprint density at radius 2 is 2.26 bits per heavy atom. The van der Waals surface area contributed by atoms with E-state index < -0.39 is 10.0 Å². The summed E-state index contributed by atoms with van der Waals surface area (Å²) in [6.07, 6.45) is 2.13. The molecule has 0 aromatic heterocycles. The zero-order valence-corrected chi connectivity index (χ0v) is 13.5. The van der Waals surface area contributed by atoms with Crippen molar-refractivity contribution in [3.05, 3.63) is 27.7 Å². The van der Waals surface area contributed by atoms with E-state index >= 15 is 0 Å². The van der Waals surface area contributed by atoms with Gasteiger partial charge in [-0.15, -0.1) is 0 Å². The molecule has 19 heavy (non-hydrogen) atoms. The molecule has 4 nitrogen and oxygen atoms in total. The molecule has 1 unspecified atom stereocenters. The lowest BCUT2D eigenvalue weighted by Crippen LogP contribution is -2.38. The molecular formula is C12H16BrClN2O2S. The summed E-state index contributed by atoms with van der Waals surface area (Å²) in [6, 6.07) is 4.88. The third-order valence-corrected chi connectivity index (χ3v) is 6.04. The van der Waals surface area contributed by atoms with Gasteiger partial charge in [-0.25, -0.2) is 13.1 Å². The number of piperidine rings is 1. The molecule has 1 aliphatic heterocycles. The van der Waals surface area contributed by atoms with Gasteiger partial charge in [-0.1, -0.05) is 17.7 Å². The van der Waals surface area contributed by atoms with Gasteiger partial charge >= 0.3 is 0 Å². The van der Waals surface area contributed by atoms with E-state index in [1.807, 2.05) is 0 Å². The summed E-state index contributed by atoms with van der Waals surface area (Å²) in [7, 11) is -3.55. The molecule has 1 saturated heterocycles. The Kier molecular flexibility index (Phi) is 5.25. The van der Waals surface area contributed by atoms with E-state index in [9.17, 15) is 8.42 Å². The molecule has 0 spiro atoms. The Balaban J connectivity index is 2.07. The van der Waals surface area contributed by atoms with Crippen LogP contribution in [0, 0.1) is 5.92 Å². The first-order valence-corrected chi connectivity index (χ1v) is 8.80. The first kappa shape index (κ1) is 15.3. The molecule has 0 amide bonds. The molecule has 0 bridgehead atoms. The van der Waals surface area contributed by atoms with Crippen molar-refractivity contribution in [2.24, 2.45) is 5.92 Å². The van der Waals surface area contributed by atoms with Crippen LogP contribution in [0.4, 0.5) is 0 Å². The Hall–Kier alpha value is -0.140. The molecule has 0 saturated carbocycles. The molecule has 106 valence electrons. The fraction of sp³-hybridized carbons (Fsp3) is 0.500. The average molecular weight is 368 g/mol. The minimum Gasteiger partial charge on any atom is -0.316 e. The van der Waals surface area contributed by atoms with Crippen LogP contribution in [-0.2, 0) is 10.0 Å². The fourth-order valence-corrected chi connectivity index (χ4v) is 4.24. The summed E-state index contributed by atoms with van der Waals surface area (Å²) in [4.78, 5) is 0.118. The van der Waals surface area contributed by atoms with Crippen molar-refractivity contribution in [3.8, 4) is 0 Å². The smallest absolute Gasteiger partial charge is 0.242 e. The quantitative estimate of drug-likeness (QED) is 0.859. The van der Waals surface area contributed by atoms with Gasteiger partial charge < -0.3 is 5.32 Å². The molecule has 1 aromatic rings. The second kappa shape index (κ2) is 6.54.